The van der Waals surface area contributed by atoms with Gasteiger partial charge in [0.25, 0.3) is 6.26 Å². The number of hydrogen-bond acceptors (Lipinski definition) is 10. The highest BCUT2D eigenvalue weighted by atomic mass is 16.7. The summed E-state index contributed by atoms with van der Waals surface area (Å²) in [5.41, 5.74) is 0. The van der Waals surface area contributed by atoms with Crippen molar-refractivity contribution < 1.29 is 42.9 Å². The summed E-state index contributed by atoms with van der Waals surface area (Å²) in [5, 5.41) is 16.6. The smallest absolute Gasteiger partial charge is 0.412 e. The van der Waals surface area contributed by atoms with E-state index >= 15 is 0 Å². The normalized spacial score (nSPS) is 8.80. The summed E-state index contributed by atoms with van der Waals surface area (Å²) in [6.07, 6.45) is -2.37. The van der Waals surface area contributed by atoms with Gasteiger partial charge in [-0.2, -0.15) is 5.26 Å². The first-order valence-corrected chi connectivity index (χ1v) is 6.63. The number of carbonyl (C=O) groups is 4. The molecule has 0 fully saturated rings. The Labute approximate surface area is 141 Å². The van der Waals surface area contributed by atoms with Crippen molar-refractivity contribution in [2.45, 2.75) is 6.92 Å². The molecule has 14 heteroatoms. The van der Waals surface area contributed by atoms with E-state index in [9.17, 15) is 19.2 Å². The topological polar surface area (TPSA) is 186 Å². The predicted octanol–water partition coefficient (Wildman–Crippen LogP) is -0.761. The van der Waals surface area contributed by atoms with Gasteiger partial charge in [-0.3, -0.25) is 5.32 Å². The number of nitrogens with one attached hydrogen (secondary N) is 4. The quantitative estimate of drug-likeness (QED) is 0.230. The summed E-state index contributed by atoms with van der Waals surface area (Å²) in [6, 6.07) is 0. The van der Waals surface area contributed by atoms with E-state index in [1.165, 1.54) is 6.26 Å². The number of nitriles is 1. The predicted molar refractivity (Wildman–Crippen MR) is 75.2 cm³/mol. The van der Waals surface area contributed by atoms with Gasteiger partial charge in [-0.25, -0.2) is 19.2 Å². The zero-order valence-electron chi connectivity index (χ0n) is 13.2. The van der Waals surface area contributed by atoms with Gasteiger partial charge in [0, 0.05) is 6.54 Å². The van der Waals surface area contributed by atoms with Gasteiger partial charge in [0.15, 0.2) is 6.73 Å². The standard InChI is InChI=1S/C11H17N5O9/c1-2-13-8(17)22-6-23-9(18)14-4-15-10(19)24-7-25-11(20)16-5-21-3-12/h2,4-7H2,1H3,(H,13,17)(H,14,18)(H,15,19)(H,16,20). The minimum Gasteiger partial charge on any atom is -0.412 e. The minimum absolute atomic E-state index is 0.357. The Kier molecular flexibility index (Phi) is 12.0. The first-order chi connectivity index (χ1) is 12.0. The van der Waals surface area contributed by atoms with Crippen molar-refractivity contribution in [2.75, 3.05) is 33.5 Å². The van der Waals surface area contributed by atoms with E-state index < -0.39 is 44.7 Å². The zero-order chi connectivity index (χ0) is 18.9. The van der Waals surface area contributed by atoms with E-state index in [0.717, 1.165) is 0 Å². The summed E-state index contributed by atoms with van der Waals surface area (Å²) in [4.78, 5) is 44.1. The second-order valence-electron chi connectivity index (χ2n) is 3.58. The maximum Gasteiger partial charge on any atom is 0.412 e. The van der Waals surface area contributed by atoms with Crippen LogP contribution in [-0.4, -0.2) is 57.9 Å². The van der Waals surface area contributed by atoms with Crippen LogP contribution in [0.4, 0.5) is 19.2 Å². The lowest BCUT2D eigenvalue weighted by atomic mass is 10.8. The molecular weight excluding hydrogens is 346 g/mol. The molecule has 0 bridgehead atoms. The van der Waals surface area contributed by atoms with Crippen LogP contribution in [0.25, 0.3) is 0 Å². The first-order valence-electron chi connectivity index (χ1n) is 6.63. The second kappa shape index (κ2) is 14.0. The molecule has 14 nitrogen and oxygen atoms in total. The van der Waals surface area contributed by atoms with Crippen LogP contribution in [0, 0.1) is 11.5 Å². The maximum atomic E-state index is 11.2. The monoisotopic (exact) mass is 363 g/mol. The number of amides is 4. The van der Waals surface area contributed by atoms with Crippen molar-refractivity contribution in [3.05, 3.63) is 0 Å². The molecule has 0 radical (unpaired) electrons. The van der Waals surface area contributed by atoms with Crippen molar-refractivity contribution in [3.8, 4) is 6.26 Å². The Bertz CT molecular complexity index is 493. The summed E-state index contributed by atoms with van der Waals surface area (Å²) >= 11 is 0. The fourth-order valence-electron chi connectivity index (χ4n) is 0.937. The second-order valence-corrected chi connectivity index (χ2v) is 3.58. The molecule has 0 unspecified atom stereocenters. The Morgan fingerprint density at radius 1 is 0.800 bits per heavy atom. The molecule has 4 N–H and O–H groups in total. The zero-order valence-corrected chi connectivity index (χ0v) is 13.2. The van der Waals surface area contributed by atoms with Crippen LogP contribution in [0.2, 0.25) is 0 Å². The van der Waals surface area contributed by atoms with E-state index in [2.05, 4.69) is 39.6 Å². The molecule has 0 spiro atoms. The molecule has 0 heterocycles. The van der Waals surface area contributed by atoms with Crippen LogP contribution >= 0.6 is 0 Å². The molecule has 0 saturated carbocycles. The summed E-state index contributed by atoms with van der Waals surface area (Å²) in [7, 11) is 0. The van der Waals surface area contributed by atoms with E-state index in [-0.39, 0.29) is 6.67 Å². The molecule has 0 saturated heterocycles. The molecule has 25 heavy (non-hydrogen) atoms. The van der Waals surface area contributed by atoms with Gasteiger partial charge in [-0.1, -0.05) is 0 Å². The highest BCUT2D eigenvalue weighted by Crippen LogP contribution is 1.84. The molecule has 140 valence electrons. The lowest BCUT2D eigenvalue weighted by molar-refractivity contribution is 0.0205. The third-order valence-corrected chi connectivity index (χ3v) is 1.90. The highest BCUT2D eigenvalue weighted by molar-refractivity contribution is 5.71. The Hall–Kier alpha value is -3.63. The summed E-state index contributed by atoms with van der Waals surface area (Å²) < 4.78 is 21.9. The number of nitrogens with zero attached hydrogens (tertiary/aromatic N) is 1. The molecular formula is C11H17N5O9. The van der Waals surface area contributed by atoms with Crippen LogP contribution < -0.4 is 21.3 Å². The molecule has 0 aliphatic rings. The van der Waals surface area contributed by atoms with Gasteiger partial charge in [0.05, 0.1) is 6.67 Å². The SMILES string of the molecule is CCNC(=O)OCOC(=O)NCNC(=O)OCOC(=O)NCOC#N. The number of ether oxygens (including phenoxy) is 5. The molecule has 0 aliphatic carbocycles. The molecule has 0 aliphatic heterocycles. The largest absolute Gasteiger partial charge is 0.412 e. The van der Waals surface area contributed by atoms with Crippen LogP contribution in [0.5, 0.6) is 0 Å². The molecule has 4 amide bonds. The van der Waals surface area contributed by atoms with Crippen LogP contribution in [0.15, 0.2) is 0 Å². The van der Waals surface area contributed by atoms with Gasteiger partial charge in [0.1, 0.15) is 0 Å². The molecule has 0 aromatic carbocycles. The lowest BCUT2D eigenvalue weighted by Crippen LogP contribution is -2.38. The van der Waals surface area contributed by atoms with Gasteiger partial charge >= 0.3 is 24.4 Å². The van der Waals surface area contributed by atoms with Crippen molar-refractivity contribution in [3.63, 3.8) is 0 Å². The van der Waals surface area contributed by atoms with Crippen molar-refractivity contribution >= 4 is 24.4 Å². The van der Waals surface area contributed by atoms with E-state index in [1.54, 1.807) is 6.92 Å². The number of rotatable bonds is 9. The van der Waals surface area contributed by atoms with Gasteiger partial charge in [-0.05, 0) is 6.92 Å². The lowest BCUT2D eigenvalue weighted by Gasteiger charge is -2.09. The molecule has 0 aromatic heterocycles. The van der Waals surface area contributed by atoms with Crippen LogP contribution in [0.1, 0.15) is 6.92 Å². The van der Waals surface area contributed by atoms with E-state index in [4.69, 9.17) is 5.26 Å². The maximum absolute atomic E-state index is 11.2. The van der Waals surface area contributed by atoms with E-state index in [0.29, 0.717) is 6.54 Å². The van der Waals surface area contributed by atoms with Crippen molar-refractivity contribution in [1.82, 2.24) is 21.3 Å². The summed E-state index contributed by atoms with van der Waals surface area (Å²) in [6.45, 7) is -0.0373. The Balaban J connectivity index is 3.59. The minimum atomic E-state index is -1.00. The molecule has 0 aromatic rings. The average Bonchev–Trinajstić information content (AvgIpc) is 2.55. The first kappa shape index (κ1) is 21.4. The highest BCUT2D eigenvalue weighted by Gasteiger charge is 2.07. The van der Waals surface area contributed by atoms with Crippen LogP contribution in [0.3, 0.4) is 0 Å². The third kappa shape index (κ3) is 13.7. The van der Waals surface area contributed by atoms with Gasteiger partial charge in [-0.15, -0.1) is 0 Å². The van der Waals surface area contributed by atoms with E-state index in [1.807, 2.05) is 5.32 Å². The molecule has 0 rings (SSSR count). The third-order valence-electron chi connectivity index (χ3n) is 1.90. The van der Waals surface area contributed by atoms with Gasteiger partial charge < -0.3 is 39.6 Å². The van der Waals surface area contributed by atoms with Crippen molar-refractivity contribution in [2.24, 2.45) is 0 Å². The van der Waals surface area contributed by atoms with Gasteiger partial charge in [0.2, 0.25) is 13.6 Å². The average molecular weight is 363 g/mol. The molecule has 0 atom stereocenters. The number of hydrogen-bond donors (Lipinski definition) is 4. The van der Waals surface area contributed by atoms with Crippen molar-refractivity contribution in [1.29, 1.82) is 5.26 Å². The Morgan fingerprint density at radius 3 is 1.68 bits per heavy atom. The number of carbonyl (C=O) groups excluding carboxylic acids is 4. The van der Waals surface area contributed by atoms with Crippen LogP contribution in [-0.2, 0) is 23.7 Å². The Morgan fingerprint density at radius 2 is 1.24 bits per heavy atom. The fourth-order valence-corrected chi connectivity index (χ4v) is 0.937. The number of alkyl carbamates (subject to hydrolysis) is 4. The summed E-state index contributed by atoms with van der Waals surface area (Å²) in [5.74, 6) is 0. The fraction of sp³-hybridized carbons (Fsp3) is 0.545.